The van der Waals surface area contributed by atoms with Gasteiger partial charge in [-0.05, 0) is 13.3 Å². The summed E-state index contributed by atoms with van der Waals surface area (Å²) in [6.07, 6.45) is 0.678. The predicted molar refractivity (Wildman–Crippen MR) is 70.1 cm³/mol. The van der Waals surface area contributed by atoms with Crippen LogP contribution in [0.4, 0.5) is 0 Å². The highest BCUT2D eigenvalue weighted by atomic mass is 16.5. The molecule has 0 saturated heterocycles. The van der Waals surface area contributed by atoms with Gasteiger partial charge in [-0.3, -0.25) is 14.5 Å². The Labute approximate surface area is 113 Å². The van der Waals surface area contributed by atoms with E-state index in [0.717, 1.165) is 0 Å². The average molecular weight is 276 g/mol. The highest BCUT2D eigenvalue weighted by molar-refractivity contribution is 5.78. The number of carbonyl (C=O) groups excluding carboxylic acids is 1. The van der Waals surface area contributed by atoms with Crippen molar-refractivity contribution in [3.8, 4) is 0 Å². The third kappa shape index (κ3) is 13.2. The Balaban J connectivity index is 3.57. The van der Waals surface area contributed by atoms with E-state index >= 15 is 0 Å². The van der Waals surface area contributed by atoms with Crippen molar-refractivity contribution < 1.29 is 24.2 Å². The molecule has 112 valence electrons. The molecule has 0 fully saturated rings. The van der Waals surface area contributed by atoms with Gasteiger partial charge in [-0.25, -0.2) is 0 Å². The lowest BCUT2D eigenvalue weighted by atomic mass is 10.3. The van der Waals surface area contributed by atoms with E-state index in [4.69, 9.17) is 20.3 Å². The minimum Gasteiger partial charge on any atom is -0.480 e. The Kier molecular flexibility index (Phi) is 11.4. The van der Waals surface area contributed by atoms with Crippen LogP contribution >= 0.6 is 0 Å². The van der Waals surface area contributed by atoms with Crippen LogP contribution in [0.2, 0.25) is 0 Å². The van der Waals surface area contributed by atoms with E-state index in [1.54, 1.807) is 4.90 Å². The topological polar surface area (TPSA) is 102 Å². The smallest absolute Gasteiger partial charge is 0.317 e. The van der Waals surface area contributed by atoms with Crippen LogP contribution in [0, 0.1) is 0 Å². The Morgan fingerprint density at radius 2 is 1.74 bits per heavy atom. The molecule has 0 bridgehead atoms. The first-order valence-electron chi connectivity index (χ1n) is 6.35. The molecule has 3 N–H and O–H groups in total. The molecule has 0 radical (unpaired) electrons. The van der Waals surface area contributed by atoms with Crippen molar-refractivity contribution in [1.29, 1.82) is 0 Å². The second-order valence-electron chi connectivity index (χ2n) is 4.17. The van der Waals surface area contributed by atoms with Gasteiger partial charge < -0.3 is 20.3 Å². The Bertz CT molecular complexity index is 245. The van der Waals surface area contributed by atoms with E-state index in [1.807, 2.05) is 0 Å². The molecular formula is C12H24N2O5. The van der Waals surface area contributed by atoms with Crippen LogP contribution in [0.25, 0.3) is 0 Å². The molecule has 7 nitrogen and oxygen atoms in total. The number of nitrogens with zero attached hydrogens (tertiary/aromatic N) is 1. The van der Waals surface area contributed by atoms with Crippen molar-refractivity contribution in [3.05, 3.63) is 0 Å². The molecule has 0 spiro atoms. The summed E-state index contributed by atoms with van der Waals surface area (Å²) in [7, 11) is 0. The molecule has 0 saturated carbocycles. The van der Waals surface area contributed by atoms with Gasteiger partial charge >= 0.3 is 5.97 Å². The maximum Gasteiger partial charge on any atom is 0.317 e. The molecule has 0 aromatic rings. The minimum absolute atomic E-state index is 0.0441. The van der Waals surface area contributed by atoms with Gasteiger partial charge in [0.15, 0.2) is 0 Å². The third-order valence-corrected chi connectivity index (χ3v) is 2.20. The van der Waals surface area contributed by atoms with Gasteiger partial charge in [0.25, 0.3) is 0 Å². The first kappa shape index (κ1) is 18.0. The normalized spacial score (nSPS) is 10.9. The number of ketones is 1. The number of rotatable bonds is 13. The van der Waals surface area contributed by atoms with E-state index in [-0.39, 0.29) is 18.9 Å². The summed E-state index contributed by atoms with van der Waals surface area (Å²) in [6, 6.07) is 0. The Hall–Kier alpha value is -1.02. The van der Waals surface area contributed by atoms with Gasteiger partial charge in [0.1, 0.15) is 5.78 Å². The zero-order chi connectivity index (χ0) is 14.5. The Morgan fingerprint density at radius 3 is 2.26 bits per heavy atom. The lowest BCUT2D eigenvalue weighted by Gasteiger charge is -2.18. The second kappa shape index (κ2) is 12.0. The molecule has 0 aliphatic heterocycles. The maximum absolute atomic E-state index is 11.0. The summed E-state index contributed by atoms with van der Waals surface area (Å²) >= 11 is 0. The summed E-state index contributed by atoms with van der Waals surface area (Å²) in [5, 5.41) is 8.71. The third-order valence-electron chi connectivity index (χ3n) is 2.20. The maximum atomic E-state index is 11.0. The van der Waals surface area contributed by atoms with Gasteiger partial charge in [-0.15, -0.1) is 0 Å². The number of carboxylic acids is 1. The lowest BCUT2D eigenvalue weighted by molar-refractivity contribution is -0.138. The fourth-order valence-corrected chi connectivity index (χ4v) is 1.52. The predicted octanol–water partition coefficient (Wildman–Crippen LogP) is -0.656. The van der Waals surface area contributed by atoms with E-state index in [1.165, 1.54) is 6.92 Å². The van der Waals surface area contributed by atoms with Crippen LogP contribution in [-0.4, -0.2) is 74.4 Å². The monoisotopic (exact) mass is 276 g/mol. The van der Waals surface area contributed by atoms with Crippen molar-refractivity contribution in [2.24, 2.45) is 5.73 Å². The van der Waals surface area contributed by atoms with E-state index < -0.39 is 5.97 Å². The first-order valence-corrected chi connectivity index (χ1v) is 6.35. The molecule has 0 aliphatic carbocycles. The van der Waals surface area contributed by atoms with Gasteiger partial charge in [0, 0.05) is 19.7 Å². The fraction of sp³-hybridized carbons (Fsp3) is 0.833. The fourth-order valence-electron chi connectivity index (χ4n) is 1.52. The summed E-state index contributed by atoms with van der Waals surface area (Å²) in [5.74, 6) is -0.977. The number of Topliss-reactive ketones (excluding diaryl/α,β-unsaturated/α-hetero) is 1. The second-order valence-corrected chi connectivity index (χ2v) is 4.17. The quantitative estimate of drug-likeness (QED) is 0.431. The summed E-state index contributed by atoms with van der Waals surface area (Å²) in [4.78, 5) is 23.2. The van der Waals surface area contributed by atoms with Crippen molar-refractivity contribution >= 4 is 11.8 Å². The molecule has 0 rings (SSSR count). The number of carbonyl (C=O) groups is 2. The number of hydrogen-bond acceptors (Lipinski definition) is 6. The molecule has 0 aromatic heterocycles. The van der Waals surface area contributed by atoms with Gasteiger partial charge in [0.2, 0.25) is 0 Å². The van der Waals surface area contributed by atoms with Crippen LogP contribution in [0.15, 0.2) is 0 Å². The van der Waals surface area contributed by atoms with Crippen molar-refractivity contribution in [1.82, 2.24) is 4.90 Å². The van der Waals surface area contributed by atoms with Crippen LogP contribution in [-0.2, 0) is 19.1 Å². The molecule has 0 heterocycles. The lowest BCUT2D eigenvalue weighted by Crippen LogP contribution is -2.35. The van der Waals surface area contributed by atoms with E-state index in [0.29, 0.717) is 45.9 Å². The highest BCUT2D eigenvalue weighted by Crippen LogP contribution is 1.94. The van der Waals surface area contributed by atoms with Crippen LogP contribution < -0.4 is 5.73 Å². The Morgan fingerprint density at radius 1 is 1.11 bits per heavy atom. The SMILES string of the molecule is CC(=O)CN(CCCOCCOCCN)CC(=O)O. The van der Waals surface area contributed by atoms with Crippen molar-refractivity contribution in [2.75, 3.05) is 52.6 Å². The van der Waals surface area contributed by atoms with Gasteiger partial charge in [-0.1, -0.05) is 0 Å². The number of hydrogen-bond donors (Lipinski definition) is 2. The van der Waals surface area contributed by atoms with Crippen LogP contribution in [0.5, 0.6) is 0 Å². The van der Waals surface area contributed by atoms with Gasteiger partial charge in [0.05, 0.1) is 32.9 Å². The molecule has 0 aromatic carbocycles. The standard InChI is InChI=1S/C12H24N2O5/c1-11(15)9-14(10-12(16)17)4-2-5-18-7-8-19-6-3-13/h2-10,13H2,1H3,(H,16,17). The summed E-state index contributed by atoms with van der Waals surface area (Å²) < 4.78 is 10.4. The highest BCUT2D eigenvalue weighted by Gasteiger charge is 2.11. The first-order chi connectivity index (χ1) is 9.06. The zero-order valence-corrected chi connectivity index (χ0v) is 11.5. The molecule has 0 unspecified atom stereocenters. The largest absolute Gasteiger partial charge is 0.480 e. The molecule has 0 aliphatic rings. The summed E-state index contributed by atoms with van der Waals surface area (Å²) in [5.41, 5.74) is 5.26. The molecule has 7 heteroatoms. The number of aliphatic carboxylic acids is 1. The van der Waals surface area contributed by atoms with Crippen LogP contribution in [0.3, 0.4) is 0 Å². The van der Waals surface area contributed by atoms with Crippen molar-refractivity contribution in [3.63, 3.8) is 0 Å². The minimum atomic E-state index is -0.933. The van der Waals surface area contributed by atoms with Gasteiger partial charge in [-0.2, -0.15) is 0 Å². The van der Waals surface area contributed by atoms with E-state index in [9.17, 15) is 9.59 Å². The zero-order valence-electron chi connectivity index (χ0n) is 11.5. The van der Waals surface area contributed by atoms with Crippen molar-refractivity contribution in [2.45, 2.75) is 13.3 Å². The molecule has 0 amide bonds. The molecule has 19 heavy (non-hydrogen) atoms. The number of carboxylic acid groups (broad SMARTS) is 1. The molecular weight excluding hydrogens is 252 g/mol. The number of ether oxygens (including phenoxy) is 2. The van der Waals surface area contributed by atoms with E-state index in [2.05, 4.69) is 0 Å². The summed E-state index contributed by atoms with van der Waals surface area (Å²) in [6.45, 7) is 4.53. The van der Waals surface area contributed by atoms with Crippen LogP contribution in [0.1, 0.15) is 13.3 Å². The number of nitrogens with two attached hydrogens (primary N) is 1. The molecule has 0 atom stereocenters. The average Bonchev–Trinajstić information content (AvgIpc) is 2.30.